The maximum absolute atomic E-state index is 14.5. The van der Waals surface area contributed by atoms with Gasteiger partial charge in [-0.15, -0.1) is 0 Å². The Balaban J connectivity index is 1.45. The monoisotopic (exact) mass is 347 g/mol. The molecule has 2 aliphatic heterocycles. The lowest BCUT2D eigenvalue weighted by Gasteiger charge is -2.42. The van der Waals surface area contributed by atoms with Gasteiger partial charge in [0, 0.05) is 37.3 Å². The fourth-order valence-corrected chi connectivity index (χ4v) is 5.17. The number of aryl methyl sites for hydroxylation is 1. The van der Waals surface area contributed by atoms with Gasteiger partial charge >= 0.3 is 0 Å². The minimum atomic E-state index is -0.157. The minimum absolute atomic E-state index is 0.0895. The third kappa shape index (κ3) is 3.41. The number of rotatable bonds is 2. The summed E-state index contributed by atoms with van der Waals surface area (Å²) < 4.78 is 14.5. The molecule has 0 unspecified atom stereocenters. The Bertz CT molecular complexity index is 617. The van der Waals surface area contributed by atoms with Gasteiger partial charge in [0.2, 0.25) is 0 Å². The zero-order chi connectivity index (χ0) is 17.4. The molecule has 1 aromatic heterocycles. The Kier molecular flexibility index (Phi) is 4.71. The standard InChI is InChI=1S/C20H30FN3O/c1-15-7-10-22-19(18(15)21)24-11-2-8-20(14-24)9-12-23(13-20)16-3-5-17(25)6-4-16/h7,10,16-17,25H,2-6,8-9,11-14H2,1H3/t16?,17?,20-/m1/s1. The number of nitrogens with zero attached hydrogens (tertiary/aromatic N) is 3. The van der Waals surface area contributed by atoms with E-state index in [0.717, 1.165) is 58.3 Å². The van der Waals surface area contributed by atoms with E-state index in [0.29, 0.717) is 17.4 Å². The van der Waals surface area contributed by atoms with Crippen molar-refractivity contribution < 1.29 is 9.50 Å². The molecule has 1 aliphatic carbocycles. The van der Waals surface area contributed by atoms with Crippen LogP contribution in [0.2, 0.25) is 0 Å². The van der Waals surface area contributed by atoms with Gasteiger partial charge in [0.05, 0.1) is 6.10 Å². The van der Waals surface area contributed by atoms with Crippen LogP contribution < -0.4 is 4.90 Å². The van der Waals surface area contributed by atoms with Crippen LogP contribution in [0.3, 0.4) is 0 Å². The molecule has 3 aliphatic rings. The molecule has 1 atom stereocenters. The maximum atomic E-state index is 14.5. The summed E-state index contributed by atoms with van der Waals surface area (Å²) >= 11 is 0. The van der Waals surface area contributed by atoms with Gasteiger partial charge < -0.3 is 10.0 Å². The summed E-state index contributed by atoms with van der Waals surface area (Å²) in [5.41, 5.74) is 0.963. The lowest BCUT2D eigenvalue weighted by Crippen LogP contribution is -2.47. The van der Waals surface area contributed by atoms with Crippen LogP contribution in [0, 0.1) is 18.2 Å². The zero-order valence-electron chi connectivity index (χ0n) is 15.3. The second-order valence-corrected chi connectivity index (χ2v) is 8.47. The van der Waals surface area contributed by atoms with Gasteiger partial charge in [0.1, 0.15) is 0 Å². The number of likely N-dealkylation sites (tertiary alicyclic amines) is 1. The lowest BCUT2D eigenvalue weighted by molar-refractivity contribution is 0.0770. The Morgan fingerprint density at radius 3 is 2.76 bits per heavy atom. The molecule has 1 spiro atoms. The van der Waals surface area contributed by atoms with E-state index in [1.165, 1.54) is 12.8 Å². The van der Waals surface area contributed by atoms with Crippen molar-refractivity contribution in [1.29, 1.82) is 0 Å². The number of anilines is 1. The molecule has 1 aromatic rings. The molecular weight excluding hydrogens is 317 g/mol. The lowest BCUT2D eigenvalue weighted by atomic mass is 9.79. The van der Waals surface area contributed by atoms with Crippen LogP contribution in [-0.4, -0.2) is 53.3 Å². The molecule has 0 radical (unpaired) electrons. The van der Waals surface area contributed by atoms with Crippen molar-refractivity contribution in [3.8, 4) is 0 Å². The highest BCUT2D eigenvalue weighted by Gasteiger charge is 2.44. The van der Waals surface area contributed by atoms with Crippen LogP contribution in [0.1, 0.15) is 50.5 Å². The second kappa shape index (κ2) is 6.84. The third-order valence-electron chi connectivity index (χ3n) is 6.68. The molecule has 3 heterocycles. The SMILES string of the molecule is Cc1ccnc(N2CCC[C@]3(CCN(C4CCC(O)CC4)C3)C2)c1F. The Labute approximate surface area is 150 Å². The van der Waals surface area contributed by atoms with Gasteiger partial charge in [0.15, 0.2) is 11.6 Å². The highest BCUT2D eigenvalue weighted by Crippen LogP contribution is 2.42. The van der Waals surface area contributed by atoms with Crippen molar-refractivity contribution in [3.63, 3.8) is 0 Å². The summed E-state index contributed by atoms with van der Waals surface area (Å²) in [6.45, 7) is 5.92. The molecule has 4 rings (SSSR count). The van der Waals surface area contributed by atoms with Crippen LogP contribution in [0.5, 0.6) is 0 Å². The number of aliphatic hydroxyl groups is 1. The predicted octanol–water partition coefficient (Wildman–Crippen LogP) is 3.12. The van der Waals surface area contributed by atoms with E-state index in [2.05, 4.69) is 14.8 Å². The quantitative estimate of drug-likeness (QED) is 0.892. The van der Waals surface area contributed by atoms with E-state index in [1.54, 1.807) is 12.3 Å². The first-order valence-corrected chi connectivity index (χ1v) is 9.84. The van der Waals surface area contributed by atoms with Crippen molar-refractivity contribution in [2.75, 3.05) is 31.1 Å². The first-order valence-electron chi connectivity index (χ1n) is 9.84. The van der Waals surface area contributed by atoms with Crippen molar-refractivity contribution >= 4 is 5.82 Å². The molecule has 5 heteroatoms. The summed E-state index contributed by atoms with van der Waals surface area (Å²) in [5, 5.41) is 9.75. The van der Waals surface area contributed by atoms with Crippen molar-refractivity contribution in [2.45, 2.75) is 64.0 Å². The molecule has 2 saturated heterocycles. The summed E-state index contributed by atoms with van der Waals surface area (Å²) in [6, 6.07) is 2.37. The van der Waals surface area contributed by atoms with Crippen LogP contribution in [-0.2, 0) is 0 Å². The number of hydrogen-bond donors (Lipinski definition) is 1. The number of pyridine rings is 1. The molecule has 0 bridgehead atoms. The van der Waals surface area contributed by atoms with Gasteiger partial charge in [-0.25, -0.2) is 9.37 Å². The second-order valence-electron chi connectivity index (χ2n) is 8.47. The summed E-state index contributed by atoms with van der Waals surface area (Å²) in [7, 11) is 0. The summed E-state index contributed by atoms with van der Waals surface area (Å²) in [6.07, 6.45) is 9.32. The molecule has 4 nitrogen and oxygen atoms in total. The largest absolute Gasteiger partial charge is 0.393 e. The van der Waals surface area contributed by atoms with E-state index in [4.69, 9.17) is 0 Å². The molecular formula is C20H30FN3O. The normalized spacial score (nSPS) is 34.0. The fourth-order valence-electron chi connectivity index (χ4n) is 5.17. The summed E-state index contributed by atoms with van der Waals surface area (Å²) in [5.74, 6) is 0.383. The van der Waals surface area contributed by atoms with Gasteiger partial charge in [-0.3, -0.25) is 4.90 Å². The summed E-state index contributed by atoms with van der Waals surface area (Å²) in [4.78, 5) is 9.17. The first kappa shape index (κ1) is 17.2. The molecule has 0 amide bonds. The first-order chi connectivity index (χ1) is 12.1. The molecule has 138 valence electrons. The van der Waals surface area contributed by atoms with Crippen molar-refractivity contribution in [2.24, 2.45) is 5.41 Å². The molecule has 1 N–H and O–H groups in total. The average molecular weight is 347 g/mol. The number of hydrogen-bond acceptors (Lipinski definition) is 4. The van der Waals surface area contributed by atoms with Gasteiger partial charge in [-0.05, 0) is 70.0 Å². The minimum Gasteiger partial charge on any atom is -0.393 e. The maximum Gasteiger partial charge on any atom is 0.168 e. The topological polar surface area (TPSA) is 39.6 Å². The smallest absolute Gasteiger partial charge is 0.168 e. The predicted molar refractivity (Wildman–Crippen MR) is 97.3 cm³/mol. The van der Waals surface area contributed by atoms with Crippen LogP contribution in [0.25, 0.3) is 0 Å². The van der Waals surface area contributed by atoms with Gasteiger partial charge in [-0.1, -0.05) is 0 Å². The third-order valence-corrected chi connectivity index (χ3v) is 6.68. The average Bonchev–Trinajstić information content (AvgIpc) is 3.01. The molecule has 3 fully saturated rings. The Hall–Kier alpha value is -1.20. The van der Waals surface area contributed by atoms with Crippen molar-refractivity contribution in [1.82, 2.24) is 9.88 Å². The number of piperidine rings is 1. The zero-order valence-corrected chi connectivity index (χ0v) is 15.3. The Morgan fingerprint density at radius 2 is 1.96 bits per heavy atom. The van der Waals surface area contributed by atoms with Gasteiger partial charge in [-0.2, -0.15) is 0 Å². The number of aliphatic hydroxyl groups excluding tert-OH is 1. The fraction of sp³-hybridized carbons (Fsp3) is 0.750. The Morgan fingerprint density at radius 1 is 1.16 bits per heavy atom. The number of halogens is 1. The van der Waals surface area contributed by atoms with Crippen LogP contribution in [0.4, 0.5) is 10.2 Å². The van der Waals surface area contributed by atoms with E-state index in [9.17, 15) is 9.50 Å². The highest BCUT2D eigenvalue weighted by atomic mass is 19.1. The highest BCUT2D eigenvalue weighted by molar-refractivity contribution is 5.43. The van der Waals surface area contributed by atoms with Crippen LogP contribution >= 0.6 is 0 Å². The van der Waals surface area contributed by atoms with E-state index >= 15 is 0 Å². The van der Waals surface area contributed by atoms with E-state index in [-0.39, 0.29) is 17.3 Å². The van der Waals surface area contributed by atoms with Gasteiger partial charge in [0.25, 0.3) is 0 Å². The molecule has 1 saturated carbocycles. The molecule has 25 heavy (non-hydrogen) atoms. The number of aromatic nitrogens is 1. The van der Waals surface area contributed by atoms with Crippen molar-refractivity contribution in [3.05, 3.63) is 23.6 Å². The molecule has 0 aromatic carbocycles. The van der Waals surface area contributed by atoms with E-state index in [1.807, 2.05) is 6.92 Å². The van der Waals surface area contributed by atoms with E-state index < -0.39 is 0 Å². The van der Waals surface area contributed by atoms with Crippen LogP contribution in [0.15, 0.2) is 12.3 Å².